The van der Waals surface area contributed by atoms with E-state index in [-0.39, 0.29) is 17.9 Å². The lowest BCUT2D eigenvalue weighted by atomic mass is 10.1. The Hall–Kier alpha value is -2.30. The quantitative estimate of drug-likeness (QED) is 0.799. The fourth-order valence-electron chi connectivity index (χ4n) is 1.80. The molecule has 2 aromatic rings. The molecular formula is C15H12F3NO. The Morgan fingerprint density at radius 3 is 2.25 bits per heavy atom. The molecule has 0 saturated carbocycles. The summed E-state index contributed by atoms with van der Waals surface area (Å²) in [6.45, 7) is -0.133. The maximum Gasteiger partial charge on any atom is 0.185 e. The molecule has 0 unspecified atom stereocenters. The van der Waals surface area contributed by atoms with Crippen molar-refractivity contribution in [3.63, 3.8) is 0 Å². The number of likely N-dealkylation sites (N-methyl/N-ethyl adjacent to an activating group) is 1. The number of benzene rings is 2. The fraction of sp³-hybridized carbons (Fsp3) is 0.133. The van der Waals surface area contributed by atoms with Crippen molar-refractivity contribution in [2.24, 2.45) is 0 Å². The third-order valence-electron chi connectivity index (χ3n) is 2.88. The van der Waals surface area contributed by atoms with Crippen LogP contribution in [0, 0.1) is 17.5 Å². The molecule has 0 amide bonds. The molecule has 5 heteroatoms. The Morgan fingerprint density at radius 2 is 1.60 bits per heavy atom. The van der Waals surface area contributed by atoms with Crippen LogP contribution < -0.4 is 4.90 Å². The molecule has 0 aliphatic carbocycles. The van der Waals surface area contributed by atoms with Crippen LogP contribution in [0.1, 0.15) is 10.4 Å². The van der Waals surface area contributed by atoms with Gasteiger partial charge in [-0.1, -0.05) is 0 Å². The number of hydrogen-bond donors (Lipinski definition) is 0. The highest BCUT2D eigenvalue weighted by Gasteiger charge is 2.15. The molecule has 0 saturated heterocycles. The maximum atomic E-state index is 13.5. The second-order valence-electron chi connectivity index (χ2n) is 4.38. The van der Waals surface area contributed by atoms with Crippen LogP contribution in [0.3, 0.4) is 0 Å². The number of halogens is 3. The average molecular weight is 279 g/mol. The maximum absolute atomic E-state index is 13.5. The molecule has 0 fully saturated rings. The predicted molar refractivity (Wildman–Crippen MR) is 70.4 cm³/mol. The van der Waals surface area contributed by atoms with Gasteiger partial charge in [0.1, 0.15) is 17.5 Å². The molecule has 0 spiro atoms. The average Bonchev–Trinajstić information content (AvgIpc) is 2.42. The molecule has 0 aliphatic heterocycles. The Bertz CT molecular complexity index is 626. The zero-order valence-electron chi connectivity index (χ0n) is 10.7. The molecule has 0 heterocycles. The van der Waals surface area contributed by atoms with Crippen molar-refractivity contribution in [3.05, 3.63) is 65.5 Å². The summed E-state index contributed by atoms with van der Waals surface area (Å²) < 4.78 is 39.3. The Labute approximate surface area is 114 Å². The van der Waals surface area contributed by atoms with Gasteiger partial charge in [0.25, 0.3) is 0 Å². The molecular weight excluding hydrogens is 267 g/mol. The molecule has 2 rings (SSSR count). The highest BCUT2D eigenvalue weighted by atomic mass is 19.1. The number of anilines is 1. The van der Waals surface area contributed by atoms with Gasteiger partial charge in [0.05, 0.1) is 12.1 Å². The smallest absolute Gasteiger partial charge is 0.185 e. The van der Waals surface area contributed by atoms with E-state index in [4.69, 9.17) is 0 Å². The van der Waals surface area contributed by atoms with Crippen molar-refractivity contribution in [2.45, 2.75) is 0 Å². The van der Waals surface area contributed by atoms with Crippen molar-refractivity contribution >= 4 is 11.5 Å². The van der Waals surface area contributed by atoms with Crippen molar-refractivity contribution in [1.82, 2.24) is 0 Å². The van der Waals surface area contributed by atoms with E-state index >= 15 is 0 Å². The molecule has 0 aromatic heterocycles. The fourth-order valence-corrected chi connectivity index (χ4v) is 1.80. The molecule has 0 N–H and O–H groups in total. The minimum absolute atomic E-state index is 0.133. The number of ketones is 1. The van der Waals surface area contributed by atoms with Crippen LogP contribution in [-0.2, 0) is 0 Å². The van der Waals surface area contributed by atoms with E-state index in [2.05, 4.69) is 0 Å². The van der Waals surface area contributed by atoms with Gasteiger partial charge in [-0.15, -0.1) is 0 Å². The Morgan fingerprint density at radius 1 is 1.00 bits per heavy atom. The lowest BCUT2D eigenvalue weighted by molar-refractivity contribution is 0.0996. The Balaban J connectivity index is 2.15. The first-order valence-electron chi connectivity index (χ1n) is 5.92. The van der Waals surface area contributed by atoms with E-state index < -0.39 is 17.4 Å². The highest BCUT2D eigenvalue weighted by Crippen LogP contribution is 2.15. The highest BCUT2D eigenvalue weighted by molar-refractivity contribution is 5.99. The molecule has 104 valence electrons. The van der Waals surface area contributed by atoms with Crippen LogP contribution in [0.15, 0.2) is 42.5 Å². The van der Waals surface area contributed by atoms with Crippen LogP contribution in [-0.4, -0.2) is 19.4 Å². The standard InChI is InChI=1S/C15H12F3NO/c1-19(12-5-2-10(16)3-6-12)9-15(20)13-8-11(17)4-7-14(13)18/h2-8H,9H2,1H3. The zero-order valence-corrected chi connectivity index (χ0v) is 10.7. The van der Waals surface area contributed by atoms with Crippen LogP contribution in [0.4, 0.5) is 18.9 Å². The first-order valence-corrected chi connectivity index (χ1v) is 5.92. The SMILES string of the molecule is CN(CC(=O)c1cc(F)ccc1F)c1ccc(F)cc1. The zero-order chi connectivity index (χ0) is 14.7. The van der Waals surface area contributed by atoms with Crippen molar-refractivity contribution in [3.8, 4) is 0 Å². The molecule has 0 atom stereocenters. The Kier molecular flexibility index (Phi) is 4.08. The summed E-state index contributed by atoms with van der Waals surface area (Å²) in [4.78, 5) is 13.5. The third-order valence-corrected chi connectivity index (χ3v) is 2.88. The van der Waals surface area contributed by atoms with Gasteiger partial charge in [-0.3, -0.25) is 4.79 Å². The summed E-state index contributed by atoms with van der Waals surface area (Å²) in [5, 5.41) is 0. The van der Waals surface area contributed by atoms with Crippen LogP contribution in [0.2, 0.25) is 0 Å². The summed E-state index contributed by atoms with van der Waals surface area (Å²) in [6.07, 6.45) is 0. The number of Topliss-reactive ketones (excluding diaryl/α,β-unsaturated/α-hetero) is 1. The molecule has 0 aliphatic rings. The second-order valence-corrected chi connectivity index (χ2v) is 4.38. The minimum atomic E-state index is -0.760. The molecule has 0 bridgehead atoms. The number of carbonyl (C=O) groups excluding carboxylic acids is 1. The van der Waals surface area contributed by atoms with Gasteiger partial charge >= 0.3 is 0 Å². The van der Waals surface area contributed by atoms with E-state index in [0.717, 1.165) is 18.2 Å². The number of rotatable bonds is 4. The second kappa shape index (κ2) is 5.77. The van der Waals surface area contributed by atoms with Crippen molar-refractivity contribution in [1.29, 1.82) is 0 Å². The summed E-state index contributed by atoms with van der Waals surface area (Å²) in [6, 6.07) is 8.28. The van der Waals surface area contributed by atoms with Gasteiger partial charge in [0.2, 0.25) is 0 Å². The lowest BCUT2D eigenvalue weighted by Gasteiger charge is -2.18. The van der Waals surface area contributed by atoms with E-state index in [9.17, 15) is 18.0 Å². The normalized spacial score (nSPS) is 10.4. The summed E-state index contributed by atoms with van der Waals surface area (Å²) >= 11 is 0. The summed E-state index contributed by atoms with van der Waals surface area (Å²) in [7, 11) is 1.61. The summed E-state index contributed by atoms with van der Waals surface area (Å²) in [5.74, 6) is -2.36. The predicted octanol–water partition coefficient (Wildman–Crippen LogP) is 3.42. The van der Waals surface area contributed by atoms with Crippen molar-refractivity contribution in [2.75, 3.05) is 18.5 Å². The van der Waals surface area contributed by atoms with Crippen molar-refractivity contribution < 1.29 is 18.0 Å². The summed E-state index contributed by atoms with van der Waals surface area (Å²) in [5.41, 5.74) is 0.315. The van der Waals surface area contributed by atoms with Gasteiger partial charge in [0, 0.05) is 12.7 Å². The monoisotopic (exact) mass is 279 g/mol. The topological polar surface area (TPSA) is 20.3 Å². The lowest BCUT2D eigenvalue weighted by Crippen LogP contribution is -2.26. The first kappa shape index (κ1) is 14.1. The number of nitrogens with zero attached hydrogens (tertiary/aromatic N) is 1. The van der Waals surface area contributed by atoms with Gasteiger partial charge in [0.15, 0.2) is 5.78 Å². The van der Waals surface area contributed by atoms with E-state index in [1.807, 2.05) is 0 Å². The molecule has 2 aromatic carbocycles. The molecule has 20 heavy (non-hydrogen) atoms. The third kappa shape index (κ3) is 3.17. The van der Waals surface area contributed by atoms with E-state index in [1.54, 1.807) is 7.05 Å². The van der Waals surface area contributed by atoms with E-state index in [1.165, 1.54) is 29.2 Å². The van der Waals surface area contributed by atoms with Crippen LogP contribution in [0.25, 0.3) is 0 Å². The van der Waals surface area contributed by atoms with Gasteiger partial charge in [-0.25, -0.2) is 13.2 Å². The minimum Gasteiger partial charge on any atom is -0.367 e. The first-order chi connectivity index (χ1) is 9.47. The largest absolute Gasteiger partial charge is 0.367 e. The number of carbonyl (C=O) groups is 1. The van der Waals surface area contributed by atoms with E-state index in [0.29, 0.717) is 5.69 Å². The molecule has 0 radical (unpaired) electrons. The van der Waals surface area contributed by atoms with Gasteiger partial charge in [-0.2, -0.15) is 0 Å². The molecule has 2 nitrogen and oxygen atoms in total. The van der Waals surface area contributed by atoms with Gasteiger partial charge < -0.3 is 4.90 Å². The van der Waals surface area contributed by atoms with Gasteiger partial charge in [-0.05, 0) is 42.5 Å². The van der Waals surface area contributed by atoms with Crippen LogP contribution in [0.5, 0.6) is 0 Å². The van der Waals surface area contributed by atoms with Crippen LogP contribution >= 0.6 is 0 Å². The number of hydrogen-bond acceptors (Lipinski definition) is 2.